The average Bonchev–Trinajstić information content (AvgIpc) is 3.39. The zero-order valence-electron chi connectivity index (χ0n) is 15.0. The Morgan fingerprint density at radius 1 is 1.32 bits per heavy atom. The van der Waals surface area contributed by atoms with Crippen molar-refractivity contribution in [2.45, 2.75) is 38.4 Å². The molecule has 1 N–H and O–H groups in total. The van der Waals surface area contributed by atoms with E-state index in [2.05, 4.69) is 29.6 Å². The first-order valence-corrected chi connectivity index (χ1v) is 10.6. The molecule has 7 heteroatoms. The van der Waals surface area contributed by atoms with E-state index in [9.17, 15) is 14.1 Å². The van der Waals surface area contributed by atoms with E-state index >= 15 is 0 Å². The molecule has 2 heterocycles. The molecule has 1 aromatic rings. The van der Waals surface area contributed by atoms with Gasteiger partial charge in [-0.2, -0.15) is 0 Å². The fraction of sp³-hybridized carbons (Fsp3) is 0.611. The first-order chi connectivity index (χ1) is 11.8. The van der Waals surface area contributed by atoms with Crippen molar-refractivity contribution in [1.82, 2.24) is 9.29 Å². The monoisotopic (exact) mass is 365 g/mol. The van der Waals surface area contributed by atoms with Gasteiger partial charge >= 0.3 is 5.97 Å². The third kappa shape index (κ3) is 4.15. The topological polar surface area (TPSA) is 73.7 Å². The normalized spacial score (nSPS) is 21.3. The molecule has 138 valence electrons. The van der Waals surface area contributed by atoms with Gasteiger partial charge in [-0.1, -0.05) is 13.8 Å². The molecule has 1 unspecified atom stereocenters. The van der Waals surface area contributed by atoms with E-state index < -0.39 is 15.7 Å². The highest BCUT2D eigenvalue weighted by Crippen LogP contribution is 2.31. The number of hydrogen-bond donors (Lipinski definition) is 1. The number of anilines is 1. The first-order valence-electron chi connectivity index (χ1n) is 8.87. The standard InChI is InChI=1S/C18H27N3O3S/c1-13(2)10-15-11-14(18(22)23)12-17(19-15)20-6-8-21(9-7-20)25(3,24)16-4-5-16/h11-13,16H,3-10H2,1-2H3,(H,22,23). The van der Waals surface area contributed by atoms with Crippen molar-refractivity contribution >= 4 is 27.4 Å². The maximum Gasteiger partial charge on any atom is 0.335 e. The maximum absolute atomic E-state index is 12.8. The molecule has 0 aromatic carbocycles. The van der Waals surface area contributed by atoms with Crippen molar-refractivity contribution in [3.8, 4) is 0 Å². The quantitative estimate of drug-likeness (QED) is 0.780. The van der Waals surface area contributed by atoms with Crippen LogP contribution in [0, 0.1) is 5.92 Å². The van der Waals surface area contributed by atoms with Crippen molar-refractivity contribution in [3.05, 3.63) is 23.4 Å². The zero-order chi connectivity index (χ0) is 18.2. The lowest BCUT2D eigenvalue weighted by Crippen LogP contribution is -2.49. The molecule has 2 aliphatic rings. The Morgan fingerprint density at radius 2 is 1.96 bits per heavy atom. The van der Waals surface area contributed by atoms with Crippen molar-refractivity contribution in [2.75, 3.05) is 31.1 Å². The molecule has 25 heavy (non-hydrogen) atoms. The van der Waals surface area contributed by atoms with E-state index in [1.54, 1.807) is 12.1 Å². The molecule has 0 radical (unpaired) electrons. The van der Waals surface area contributed by atoms with E-state index in [1.165, 1.54) is 0 Å². The Kier molecular flexibility index (Phi) is 5.06. The largest absolute Gasteiger partial charge is 0.478 e. The molecule has 0 spiro atoms. The summed E-state index contributed by atoms with van der Waals surface area (Å²) in [7, 11) is -2.15. The Hall–Kier alpha value is -1.60. The summed E-state index contributed by atoms with van der Waals surface area (Å²) in [6.45, 7) is 6.92. The van der Waals surface area contributed by atoms with Gasteiger partial charge in [0.1, 0.15) is 5.82 Å². The Balaban J connectivity index is 1.75. The van der Waals surface area contributed by atoms with E-state index in [0.717, 1.165) is 25.0 Å². The number of rotatable bonds is 6. The number of piperazine rings is 1. The molecule has 1 saturated heterocycles. The van der Waals surface area contributed by atoms with Crippen molar-refractivity contribution in [3.63, 3.8) is 0 Å². The third-order valence-electron chi connectivity index (χ3n) is 4.77. The minimum absolute atomic E-state index is 0.255. The summed E-state index contributed by atoms with van der Waals surface area (Å²) in [6, 6.07) is 3.31. The minimum Gasteiger partial charge on any atom is -0.478 e. The number of aromatic nitrogens is 1. The predicted molar refractivity (Wildman–Crippen MR) is 102 cm³/mol. The highest BCUT2D eigenvalue weighted by Gasteiger charge is 2.36. The van der Waals surface area contributed by atoms with Gasteiger partial charge in [-0.05, 0) is 43.2 Å². The van der Waals surface area contributed by atoms with Gasteiger partial charge in [-0.15, -0.1) is 0 Å². The summed E-state index contributed by atoms with van der Waals surface area (Å²) in [5, 5.41) is 9.64. The minimum atomic E-state index is -2.15. The molecular formula is C18H27N3O3S. The molecule has 1 saturated carbocycles. The lowest BCUT2D eigenvalue weighted by molar-refractivity contribution is 0.0696. The molecule has 1 aliphatic heterocycles. The second-order valence-electron chi connectivity index (χ2n) is 7.41. The highest BCUT2D eigenvalue weighted by atomic mass is 32.2. The van der Waals surface area contributed by atoms with Crippen molar-refractivity contribution in [1.29, 1.82) is 0 Å². The second kappa shape index (κ2) is 6.96. The summed E-state index contributed by atoms with van der Waals surface area (Å²) >= 11 is 0. The molecular weight excluding hydrogens is 338 g/mol. The van der Waals surface area contributed by atoms with Crippen LogP contribution in [-0.4, -0.2) is 61.9 Å². The van der Waals surface area contributed by atoms with Crippen LogP contribution >= 0.6 is 0 Å². The smallest absolute Gasteiger partial charge is 0.335 e. The lowest BCUT2D eigenvalue weighted by atomic mass is 10.1. The van der Waals surface area contributed by atoms with Crippen LogP contribution in [0.1, 0.15) is 42.7 Å². The molecule has 3 rings (SSSR count). The fourth-order valence-electron chi connectivity index (χ4n) is 3.25. The van der Waals surface area contributed by atoms with Crippen LogP contribution < -0.4 is 4.90 Å². The molecule has 2 fully saturated rings. The fourth-order valence-corrected chi connectivity index (χ4v) is 5.33. The van der Waals surface area contributed by atoms with Crippen LogP contribution in [0.4, 0.5) is 5.82 Å². The van der Waals surface area contributed by atoms with Crippen molar-refractivity contribution < 1.29 is 14.1 Å². The van der Waals surface area contributed by atoms with E-state index in [1.807, 2.05) is 4.31 Å². The summed E-state index contributed by atoms with van der Waals surface area (Å²) < 4.78 is 14.8. The van der Waals surface area contributed by atoms with Gasteiger partial charge < -0.3 is 10.0 Å². The molecule has 1 aliphatic carbocycles. The van der Waals surface area contributed by atoms with E-state index in [4.69, 9.17) is 0 Å². The zero-order valence-corrected chi connectivity index (χ0v) is 15.8. The molecule has 1 aromatic heterocycles. The van der Waals surface area contributed by atoms with Gasteiger partial charge in [0.05, 0.1) is 5.56 Å². The van der Waals surface area contributed by atoms with Crippen LogP contribution in [0.3, 0.4) is 0 Å². The number of nitrogens with zero attached hydrogens (tertiary/aromatic N) is 3. The van der Waals surface area contributed by atoms with E-state index in [0.29, 0.717) is 37.9 Å². The van der Waals surface area contributed by atoms with Crippen LogP contribution in [-0.2, 0) is 16.1 Å². The van der Waals surface area contributed by atoms with Gasteiger partial charge in [0, 0.05) is 46.8 Å². The Morgan fingerprint density at radius 3 is 2.48 bits per heavy atom. The summed E-state index contributed by atoms with van der Waals surface area (Å²) in [5.41, 5.74) is 1.09. The SMILES string of the molecule is C=S(=O)(C1CC1)N1CCN(c2cc(C(=O)O)cc(CC(C)C)n2)CC1. The first kappa shape index (κ1) is 18.2. The molecule has 0 bridgehead atoms. The van der Waals surface area contributed by atoms with Gasteiger partial charge in [-0.3, -0.25) is 4.21 Å². The van der Waals surface area contributed by atoms with Crippen molar-refractivity contribution in [2.24, 2.45) is 5.92 Å². The van der Waals surface area contributed by atoms with Crippen LogP contribution in [0.15, 0.2) is 12.1 Å². The number of aromatic carboxylic acids is 1. The Bertz CT molecular complexity index is 749. The Labute approximate surface area is 150 Å². The van der Waals surface area contributed by atoms with Crippen LogP contribution in [0.5, 0.6) is 0 Å². The number of pyridine rings is 1. The third-order valence-corrected chi connectivity index (χ3v) is 7.53. The summed E-state index contributed by atoms with van der Waals surface area (Å²) in [5.74, 6) is 4.17. The number of hydrogen-bond acceptors (Lipinski definition) is 4. The molecule has 1 atom stereocenters. The van der Waals surface area contributed by atoms with Gasteiger partial charge in [-0.25, -0.2) is 14.1 Å². The number of carboxylic acids is 1. The molecule has 0 amide bonds. The van der Waals surface area contributed by atoms with Crippen LogP contribution in [0.25, 0.3) is 0 Å². The highest BCUT2D eigenvalue weighted by molar-refractivity contribution is 7.99. The van der Waals surface area contributed by atoms with Gasteiger partial charge in [0.2, 0.25) is 0 Å². The van der Waals surface area contributed by atoms with Gasteiger partial charge in [0.15, 0.2) is 0 Å². The van der Waals surface area contributed by atoms with Gasteiger partial charge in [0.25, 0.3) is 0 Å². The van der Waals surface area contributed by atoms with E-state index in [-0.39, 0.29) is 10.8 Å². The van der Waals surface area contributed by atoms with Crippen LogP contribution in [0.2, 0.25) is 0 Å². The lowest BCUT2D eigenvalue weighted by Gasteiger charge is -2.37. The number of carbonyl (C=O) groups is 1. The average molecular weight is 365 g/mol. The second-order valence-corrected chi connectivity index (χ2v) is 9.98. The maximum atomic E-state index is 12.8. The predicted octanol–water partition coefficient (Wildman–Crippen LogP) is 1.89. The molecule has 6 nitrogen and oxygen atoms in total. The number of carboxylic acid groups (broad SMARTS) is 1. The summed E-state index contributed by atoms with van der Waals surface area (Å²) in [4.78, 5) is 18.2. The summed E-state index contributed by atoms with van der Waals surface area (Å²) in [6.07, 6.45) is 2.79.